The number of rotatable bonds is 3. The van der Waals surface area contributed by atoms with Crippen molar-refractivity contribution in [3.63, 3.8) is 0 Å². The van der Waals surface area contributed by atoms with Crippen LogP contribution in [0.15, 0.2) is 23.9 Å². The molecule has 0 amide bonds. The van der Waals surface area contributed by atoms with Gasteiger partial charge < -0.3 is 11.1 Å². The number of allylic oxidation sites excluding steroid dienone is 2. The molecule has 1 fully saturated rings. The molecule has 1 heterocycles. The zero-order valence-electron chi connectivity index (χ0n) is 10.2. The second-order valence-corrected chi connectivity index (χ2v) is 4.98. The first-order valence-corrected chi connectivity index (χ1v) is 6.32. The fourth-order valence-corrected chi connectivity index (χ4v) is 2.54. The summed E-state index contributed by atoms with van der Waals surface area (Å²) in [4.78, 5) is 2.57. The van der Waals surface area contributed by atoms with E-state index in [-0.39, 0.29) is 0 Å². The Morgan fingerprint density at radius 2 is 2.19 bits per heavy atom. The lowest BCUT2D eigenvalue weighted by Crippen LogP contribution is -2.47. The molecule has 1 saturated heterocycles. The Hall–Kier alpha value is -0.800. The standard InChI is InChI=1S/C13H23N3/c1-2-13(5-3-12(14)4-6-13)11-16-9-7-15-8-10-16/h3-5,15H,2,6-11,14H2,1H3/t13-/m1/s1. The maximum Gasteiger partial charge on any atom is 0.0270 e. The minimum Gasteiger partial charge on any atom is -0.399 e. The van der Waals surface area contributed by atoms with Gasteiger partial charge in [0, 0.05) is 43.8 Å². The van der Waals surface area contributed by atoms with Crippen molar-refractivity contribution in [3.05, 3.63) is 23.9 Å². The first kappa shape index (κ1) is 11.7. The number of nitrogens with one attached hydrogen (secondary N) is 1. The third-order valence-electron chi connectivity index (χ3n) is 3.83. The highest BCUT2D eigenvalue weighted by Gasteiger charge is 2.29. The molecule has 0 unspecified atom stereocenters. The van der Waals surface area contributed by atoms with Crippen molar-refractivity contribution in [1.29, 1.82) is 0 Å². The van der Waals surface area contributed by atoms with Crippen molar-refractivity contribution < 1.29 is 0 Å². The fraction of sp³-hybridized carbons (Fsp3) is 0.692. The average Bonchev–Trinajstić information content (AvgIpc) is 2.34. The lowest BCUT2D eigenvalue weighted by Gasteiger charge is -2.38. The molecule has 16 heavy (non-hydrogen) atoms. The Morgan fingerprint density at radius 3 is 2.75 bits per heavy atom. The zero-order chi connectivity index (χ0) is 11.4. The minimum atomic E-state index is 0.320. The van der Waals surface area contributed by atoms with E-state index in [2.05, 4.69) is 35.4 Å². The molecule has 0 spiro atoms. The summed E-state index contributed by atoms with van der Waals surface area (Å²) in [6, 6.07) is 0. The maximum atomic E-state index is 5.79. The van der Waals surface area contributed by atoms with Crippen LogP contribution in [0.1, 0.15) is 19.8 Å². The molecule has 0 bridgehead atoms. The van der Waals surface area contributed by atoms with Crippen LogP contribution in [-0.4, -0.2) is 37.6 Å². The molecule has 1 aliphatic heterocycles. The van der Waals surface area contributed by atoms with Gasteiger partial charge in [0.1, 0.15) is 0 Å². The molecule has 90 valence electrons. The van der Waals surface area contributed by atoms with Crippen LogP contribution in [0, 0.1) is 5.41 Å². The van der Waals surface area contributed by atoms with Crippen LogP contribution in [0.4, 0.5) is 0 Å². The van der Waals surface area contributed by atoms with Crippen molar-refractivity contribution in [2.24, 2.45) is 11.1 Å². The third kappa shape index (κ3) is 2.66. The topological polar surface area (TPSA) is 41.3 Å². The van der Waals surface area contributed by atoms with E-state index in [0.717, 1.165) is 25.2 Å². The first-order chi connectivity index (χ1) is 7.74. The van der Waals surface area contributed by atoms with Gasteiger partial charge in [0.25, 0.3) is 0 Å². The van der Waals surface area contributed by atoms with E-state index in [9.17, 15) is 0 Å². The molecular formula is C13H23N3. The number of hydrogen-bond acceptors (Lipinski definition) is 3. The van der Waals surface area contributed by atoms with Crippen LogP contribution >= 0.6 is 0 Å². The van der Waals surface area contributed by atoms with Gasteiger partial charge in [-0.2, -0.15) is 0 Å². The van der Waals surface area contributed by atoms with Crippen LogP contribution in [0.2, 0.25) is 0 Å². The second kappa shape index (κ2) is 5.02. The fourth-order valence-electron chi connectivity index (χ4n) is 2.54. The molecule has 0 aromatic heterocycles. The Labute approximate surface area is 98.4 Å². The van der Waals surface area contributed by atoms with Gasteiger partial charge in [-0.25, -0.2) is 0 Å². The molecule has 0 aromatic carbocycles. The van der Waals surface area contributed by atoms with Crippen LogP contribution in [0.3, 0.4) is 0 Å². The maximum absolute atomic E-state index is 5.79. The smallest absolute Gasteiger partial charge is 0.0270 e. The Kier molecular flexibility index (Phi) is 3.66. The lowest BCUT2D eigenvalue weighted by atomic mass is 9.78. The highest BCUT2D eigenvalue weighted by atomic mass is 15.2. The molecule has 3 N–H and O–H groups in total. The molecule has 1 aliphatic carbocycles. The summed E-state index contributed by atoms with van der Waals surface area (Å²) >= 11 is 0. The van der Waals surface area contributed by atoms with Crippen molar-refractivity contribution in [2.75, 3.05) is 32.7 Å². The molecule has 3 heteroatoms. The summed E-state index contributed by atoms with van der Waals surface area (Å²) in [5.74, 6) is 0. The largest absolute Gasteiger partial charge is 0.399 e. The number of piperazine rings is 1. The lowest BCUT2D eigenvalue weighted by molar-refractivity contribution is 0.164. The van der Waals surface area contributed by atoms with Crippen LogP contribution < -0.4 is 11.1 Å². The molecule has 2 rings (SSSR count). The van der Waals surface area contributed by atoms with Gasteiger partial charge in [0.2, 0.25) is 0 Å². The molecule has 0 radical (unpaired) electrons. The summed E-state index contributed by atoms with van der Waals surface area (Å²) in [6.07, 6.45) is 8.86. The van der Waals surface area contributed by atoms with Crippen LogP contribution in [0.25, 0.3) is 0 Å². The predicted octanol–water partition coefficient (Wildman–Crippen LogP) is 1.09. The highest BCUT2D eigenvalue weighted by molar-refractivity contribution is 5.24. The second-order valence-electron chi connectivity index (χ2n) is 4.98. The van der Waals surface area contributed by atoms with Crippen LogP contribution in [-0.2, 0) is 0 Å². The predicted molar refractivity (Wildman–Crippen MR) is 68.1 cm³/mol. The third-order valence-corrected chi connectivity index (χ3v) is 3.83. The summed E-state index contributed by atoms with van der Waals surface area (Å²) in [5.41, 5.74) is 7.03. The van der Waals surface area contributed by atoms with Crippen molar-refractivity contribution in [3.8, 4) is 0 Å². The SMILES string of the molecule is CC[C@@]1(CN2CCNCC2)C=CC(N)=CC1. The van der Waals surface area contributed by atoms with E-state index in [1.165, 1.54) is 26.1 Å². The van der Waals surface area contributed by atoms with Gasteiger partial charge in [-0.1, -0.05) is 19.1 Å². The Morgan fingerprint density at radius 1 is 1.44 bits per heavy atom. The van der Waals surface area contributed by atoms with E-state index in [1.807, 2.05) is 0 Å². The summed E-state index contributed by atoms with van der Waals surface area (Å²) < 4.78 is 0. The Balaban J connectivity index is 1.97. The summed E-state index contributed by atoms with van der Waals surface area (Å²) in [5, 5.41) is 3.40. The molecule has 3 nitrogen and oxygen atoms in total. The normalized spacial score (nSPS) is 31.4. The van der Waals surface area contributed by atoms with Gasteiger partial charge in [-0.15, -0.1) is 0 Å². The van der Waals surface area contributed by atoms with Crippen LogP contribution in [0.5, 0.6) is 0 Å². The van der Waals surface area contributed by atoms with Crippen molar-refractivity contribution in [1.82, 2.24) is 10.2 Å². The molecule has 2 aliphatic rings. The van der Waals surface area contributed by atoms with Crippen molar-refractivity contribution >= 4 is 0 Å². The van der Waals surface area contributed by atoms with Gasteiger partial charge in [0.15, 0.2) is 0 Å². The van der Waals surface area contributed by atoms with Gasteiger partial charge in [-0.05, 0) is 18.9 Å². The quantitative estimate of drug-likeness (QED) is 0.749. The zero-order valence-corrected chi connectivity index (χ0v) is 10.2. The first-order valence-electron chi connectivity index (χ1n) is 6.32. The molecular weight excluding hydrogens is 198 g/mol. The highest BCUT2D eigenvalue weighted by Crippen LogP contribution is 2.33. The minimum absolute atomic E-state index is 0.320. The average molecular weight is 221 g/mol. The number of hydrogen-bond donors (Lipinski definition) is 2. The van der Waals surface area contributed by atoms with Gasteiger partial charge >= 0.3 is 0 Å². The van der Waals surface area contributed by atoms with E-state index >= 15 is 0 Å². The summed E-state index contributed by atoms with van der Waals surface area (Å²) in [6.45, 7) is 8.06. The van der Waals surface area contributed by atoms with E-state index < -0.39 is 0 Å². The van der Waals surface area contributed by atoms with Gasteiger partial charge in [-0.3, -0.25) is 4.90 Å². The van der Waals surface area contributed by atoms with E-state index in [1.54, 1.807) is 0 Å². The van der Waals surface area contributed by atoms with Gasteiger partial charge in [0.05, 0.1) is 0 Å². The van der Waals surface area contributed by atoms with E-state index in [0.29, 0.717) is 5.41 Å². The van der Waals surface area contributed by atoms with Crippen molar-refractivity contribution in [2.45, 2.75) is 19.8 Å². The summed E-state index contributed by atoms with van der Waals surface area (Å²) in [7, 11) is 0. The molecule has 0 aromatic rings. The molecule has 0 saturated carbocycles. The van der Waals surface area contributed by atoms with E-state index in [4.69, 9.17) is 5.73 Å². The number of nitrogens with two attached hydrogens (primary N) is 1. The number of nitrogens with zero attached hydrogens (tertiary/aromatic N) is 1. The molecule has 1 atom stereocenters. The monoisotopic (exact) mass is 221 g/mol. The Bertz CT molecular complexity index is 290.